The van der Waals surface area contributed by atoms with Crippen molar-refractivity contribution in [2.24, 2.45) is 0 Å². The zero-order valence-electron chi connectivity index (χ0n) is 34.6. The average molecular weight is 699 g/mol. The molecule has 0 saturated carbocycles. The summed E-state index contributed by atoms with van der Waals surface area (Å²) in [6.07, 6.45) is 0. The highest BCUT2D eigenvalue weighted by Gasteiger charge is 2.35. The molecular formula is C51H35NO2. The van der Waals surface area contributed by atoms with Gasteiger partial charge in [-0.1, -0.05) is 123 Å². The van der Waals surface area contributed by atoms with E-state index in [1.807, 2.05) is 30.3 Å². The summed E-state index contributed by atoms with van der Waals surface area (Å²) in [5.41, 5.74) is 13.8. The highest BCUT2D eigenvalue weighted by Crippen LogP contribution is 2.51. The molecular weight excluding hydrogens is 659 g/mol. The van der Waals surface area contributed by atoms with Crippen LogP contribution < -0.4 is 4.90 Å². The number of furan rings is 2. The van der Waals surface area contributed by atoms with Crippen molar-refractivity contribution < 1.29 is 15.7 Å². The average Bonchev–Trinajstić information content (AvgIpc) is 3.88. The second kappa shape index (κ2) is 11.6. The van der Waals surface area contributed by atoms with E-state index in [2.05, 4.69) is 122 Å². The Labute approximate surface area is 320 Å². The zero-order valence-corrected chi connectivity index (χ0v) is 29.6. The summed E-state index contributed by atoms with van der Waals surface area (Å²) in [5, 5.41) is 3.42. The molecule has 1 aliphatic carbocycles. The maximum Gasteiger partial charge on any atom is 0.136 e. The molecule has 3 heteroatoms. The molecule has 0 aliphatic heterocycles. The number of anilines is 3. The Morgan fingerprint density at radius 2 is 0.981 bits per heavy atom. The van der Waals surface area contributed by atoms with Crippen LogP contribution >= 0.6 is 0 Å². The van der Waals surface area contributed by atoms with Gasteiger partial charge in [-0.05, 0) is 111 Å². The fourth-order valence-electron chi connectivity index (χ4n) is 8.43. The zero-order chi connectivity index (χ0) is 40.3. The fraction of sp³-hybridized carbons (Fsp3) is 0.0588. The summed E-state index contributed by atoms with van der Waals surface area (Å²) in [6, 6.07) is 48.7. The van der Waals surface area contributed by atoms with Crippen LogP contribution in [0.3, 0.4) is 0 Å². The van der Waals surface area contributed by atoms with Crippen molar-refractivity contribution in [2.45, 2.75) is 19.3 Å². The Kier molecular flexibility index (Phi) is 5.58. The van der Waals surface area contributed by atoms with E-state index in [0.29, 0.717) is 22.3 Å². The normalized spacial score (nSPS) is 14.4. The molecule has 0 saturated heterocycles. The SMILES string of the molecule is [2H]c1c([2H])c([2H])c(-c2ccc3oc4cc5c(cc4c3c2)oc2ccc(N(c3ccc(-c4ccccc4)cc3)c3ccc4c(c3)C(C)(C)c3ccccc3-4)cc25)c([2H])c1[2H]. The molecule has 0 spiro atoms. The number of benzene rings is 8. The van der Waals surface area contributed by atoms with Gasteiger partial charge in [-0.2, -0.15) is 0 Å². The van der Waals surface area contributed by atoms with Crippen molar-refractivity contribution in [1.82, 2.24) is 0 Å². The molecule has 0 fully saturated rings. The lowest BCUT2D eigenvalue weighted by molar-refractivity contribution is 0.660. The van der Waals surface area contributed by atoms with Crippen LogP contribution in [0.15, 0.2) is 185 Å². The van der Waals surface area contributed by atoms with Crippen LogP contribution in [0, 0.1) is 0 Å². The van der Waals surface area contributed by atoms with Crippen LogP contribution in [-0.2, 0) is 5.41 Å². The molecule has 0 atom stereocenters. The topological polar surface area (TPSA) is 29.5 Å². The first-order chi connectivity index (χ1) is 28.6. The van der Waals surface area contributed by atoms with Gasteiger partial charge >= 0.3 is 0 Å². The first-order valence-electron chi connectivity index (χ1n) is 20.7. The Balaban J connectivity index is 1.06. The highest BCUT2D eigenvalue weighted by atomic mass is 16.3. The van der Waals surface area contributed by atoms with Crippen LogP contribution in [0.5, 0.6) is 0 Å². The van der Waals surface area contributed by atoms with Crippen molar-refractivity contribution in [3.8, 4) is 33.4 Å². The van der Waals surface area contributed by atoms with Gasteiger partial charge in [-0.3, -0.25) is 0 Å². The molecule has 0 N–H and O–H groups in total. The third kappa shape index (κ3) is 4.68. The summed E-state index contributed by atoms with van der Waals surface area (Å²) in [5.74, 6) is 0. The van der Waals surface area contributed by atoms with Gasteiger partial charge in [-0.25, -0.2) is 0 Å². The lowest BCUT2D eigenvalue weighted by Gasteiger charge is -2.28. The van der Waals surface area contributed by atoms with Gasteiger partial charge in [0.1, 0.15) is 22.3 Å². The van der Waals surface area contributed by atoms with E-state index in [4.69, 9.17) is 15.7 Å². The number of hydrogen-bond donors (Lipinski definition) is 0. The molecule has 0 amide bonds. The first kappa shape index (κ1) is 26.0. The largest absolute Gasteiger partial charge is 0.456 e. The smallest absolute Gasteiger partial charge is 0.136 e. The predicted molar refractivity (Wildman–Crippen MR) is 224 cm³/mol. The summed E-state index contributed by atoms with van der Waals surface area (Å²) >= 11 is 0. The van der Waals surface area contributed by atoms with Crippen LogP contribution in [0.4, 0.5) is 17.1 Å². The number of fused-ring (bicyclic) bond motifs is 9. The Morgan fingerprint density at radius 3 is 1.74 bits per heavy atom. The molecule has 2 heterocycles. The van der Waals surface area contributed by atoms with E-state index in [1.165, 1.54) is 22.3 Å². The van der Waals surface area contributed by atoms with Gasteiger partial charge in [0, 0.05) is 44.0 Å². The number of nitrogens with zero attached hydrogens (tertiary/aromatic N) is 1. The van der Waals surface area contributed by atoms with Gasteiger partial charge < -0.3 is 13.7 Å². The van der Waals surface area contributed by atoms with Crippen molar-refractivity contribution >= 4 is 60.9 Å². The quantitative estimate of drug-likeness (QED) is 0.179. The van der Waals surface area contributed by atoms with E-state index < -0.39 is 6.04 Å². The molecule has 8 aromatic carbocycles. The lowest BCUT2D eigenvalue weighted by atomic mass is 9.82. The third-order valence-electron chi connectivity index (χ3n) is 11.1. The summed E-state index contributed by atoms with van der Waals surface area (Å²) in [7, 11) is 0. The Bertz CT molecular complexity index is 3340. The minimum Gasteiger partial charge on any atom is -0.456 e. The second-order valence-electron chi connectivity index (χ2n) is 14.6. The summed E-state index contributed by atoms with van der Waals surface area (Å²) in [6.45, 7) is 4.61. The first-order valence-corrected chi connectivity index (χ1v) is 18.2. The monoisotopic (exact) mass is 698 g/mol. The van der Waals surface area contributed by atoms with Crippen molar-refractivity contribution in [3.63, 3.8) is 0 Å². The van der Waals surface area contributed by atoms with Crippen molar-refractivity contribution in [3.05, 3.63) is 187 Å². The maximum atomic E-state index is 8.54. The molecule has 256 valence electrons. The highest BCUT2D eigenvalue weighted by molar-refractivity contribution is 6.15. The van der Waals surface area contributed by atoms with E-state index in [9.17, 15) is 0 Å². The molecule has 0 unspecified atom stereocenters. The molecule has 54 heavy (non-hydrogen) atoms. The van der Waals surface area contributed by atoms with Crippen LogP contribution in [-0.4, -0.2) is 0 Å². The molecule has 3 nitrogen and oxygen atoms in total. The number of hydrogen-bond acceptors (Lipinski definition) is 3. The van der Waals surface area contributed by atoms with E-state index >= 15 is 0 Å². The molecule has 0 radical (unpaired) electrons. The third-order valence-corrected chi connectivity index (χ3v) is 11.1. The van der Waals surface area contributed by atoms with Crippen LogP contribution in [0.25, 0.3) is 77.3 Å². The molecule has 11 rings (SSSR count). The van der Waals surface area contributed by atoms with Gasteiger partial charge in [0.15, 0.2) is 0 Å². The summed E-state index contributed by atoms with van der Waals surface area (Å²) in [4.78, 5) is 2.31. The van der Waals surface area contributed by atoms with E-state index in [-0.39, 0.29) is 35.1 Å². The lowest BCUT2D eigenvalue weighted by Crippen LogP contribution is -2.16. The maximum absolute atomic E-state index is 8.54. The van der Waals surface area contributed by atoms with E-state index in [0.717, 1.165) is 55.3 Å². The predicted octanol–water partition coefficient (Wildman–Crippen LogP) is 14.6. The van der Waals surface area contributed by atoms with Crippen LogP contribution in [0.2, 0.25) is 0 Å². The van der Waals surface area contributed by atoms with Gasteiger partial charge in [0.05, 0.1) is 6.85 Å². The second-order valence-corrected chi connectivity index (χ2v) is 14.6. The van der Waals surface area contributed by atoms with Crippen LogP contribution in [0.1, 0.15) is 31.8 Å². The molecule has 10 aromatic rings. The van der Waals surface area contributed by atoms with Gasteiger partial charge in [-0.15, -0.1) is 0 Å². The Morgan fingerprint density at radius 1 is 0.426 bits per heavy atom. The molecule has 1 aliphatic rings. The minimum absolute atomic E-state index is 0.153. The van der Waals surface area contributed by atoms with Gasteiger partial charge in [0.2, 0.25) is 0 Å². The molecule has 0 bridgehead atoms. The van der Waals surface area contributed by atoms with E-state index in [1.54, 1.807) is 12.1 Å². The van der Waals surface area contributed by atoms with Crippen molar-refractivity contribution in [1.29, 1.82) is 0 Å². The van der Waals surface area contributed by atoms with Crippen molar-refractivity contribution in [2.75, 3.05) is 4.90 Å². The number of rotatable bonds is 5. The minimum atomic E-state index is -0.416. The molecule has 2 aromatic heterocycles. The Hall–Kier alpha value is -6.84. The summed E-state index contributed by atoms with van der Waals surface area (Å²) < 4.78 is 54.4. The standard InChI is InChI=1S/C51H35NO2/c1-51(2)45-16-10-9-15-39(45)40-24-22-38(29-46(40)51)52(36-20-17-34(18-21-36)32-11-5-3-6-12-32)37-23-26-48-42(28-37)44-31-49-43(30-50(44)54-48)41-27-35(19-25-47(41)53-49)33-13-7-4-8-14-33/h3-31H,1-2H3/i4D,7D,8D,13D,14D. The fourth-order valence-corrected chi connectivity index (χ4v) is 8.43. The van der Waals surface area contributed by atoms with Gasteiger partial charge in [0.25, 0.3) is 0 Å².